The quantitative estimate of drug-likeness (QED) is 0.860. The van der Waals surface area contributed by atoms with Gasteiger partial charge in [-0.05, 0) is 31.9 Å². The van der Waals surface area contributed by atoms with Gasteiger partial charge in [0.15, 0.2) is 0 Å². The Balaban J connectivity index is 2.75. The van der Waals surface area contributed by atoms with Gasteiger partial charge >= 0.3 is 0 Å². The maximum atomic E-state index is 11.8. The van der Waals surface area contributed by atoms with Gasteiger partial charge in [0.05, 0.1) is 13.2 Å². The van der Waals surface area contributed by atoms with Gasteiger partial charge in [0.25, 0.3) is 0 Å². The third-order valence-corrected chi connectivity index (χ3v) is 3.11. The van der Waals surface area contributed by atoms with Crippen LogP contribution >= 0.6 is 0 Å². The van der Waals surface area contributed by atoms with Gasteiger partial charge < -0.3 is 15.4 Å². The predicted octanol–water partition coefficient (Wildman–Crippen LogP) is 1.43. The van der Waals surface area contributed by atoms with Crippen LogP contribution in [-0.2, 0) is 11.2 Å². The van der Waals surface area contributed by atoms with Crippen molar-refractivity contribution in [2.45, 2.75) is 32.4 Å². The Labute approximate surface area is 109 Å². The number of nitrogens with two attached hydrogens (primary N) is 1. The second-order valence-corrected chi connectivity index (χ2v) is 4.60. The third-order valence-electron chi connectivity index (χ3n) is 3.11. The summed E-state index contributed by atoms with van der Waals surface area (Å²) < 4.78 is 5.31. The molecule has 0 saturated heterocycles. The molecule has 4 nitrogen and oxygen atoms in total. The lowest BCUT2D eigenvalue weighted by atomic mass is 10.0. The number of para-hydroxylation sites is 1. The van der Waals surface area contributed by atoms with Crippen molar-refractivity contribution in [3.05, 3.63) is 29.8 Å². The molecule has 2 atom stereocenters. The van der Waals surface area contributed by atoms with Crippen molar-refractivity contribution in [3.63, 3.8) is 0 Å². The molecule has 0 bridgehead atoms. The number of carbonyl (C=O) groups is 1. The van der Waals surface area contributed by atoms with Crippen molar-refractivity contribution in [3.8, 4) is 5.75 Å². The van der Waals surface area contributed by atoms with Crippen LogP contribution in [0.2, 0.25) is 0 Å². The highest BCUT2D eigenvalue weighted by Gasteiger charge is 2.19. The fourth-order valence-corrected chi connectivity index (χ4v) is 1.87. The molecule has 0 aliphatic rings. The number of carbonyl (C=O) groups excluding carboxylic acids is 1. The van der Waals surface area contributed by atoms with E-state index in [4.69, 9.17) is 10.5 Å². The maximum absolute atomic E-state index is 11.8. The second kappa shape index (κ2) is 6.40. The Bertz CT molecular complexity index is 405. The average Bonchev–Trinajstić information content (AvgIpc) is 2.37. The largest absolute Gasteiger partial charge is 0.496 e. The standard InChI is InChI=1S/C14H22N2O2/c1-10(16(3)14(17)11(2)15)9-12-7-5-6-8-13(12)18-4/h5-8,10-11H,9,15H2,1-4H3/t10?,11-/m0/s1. The Morgan fingerprint density at radius 1 is 1.39 bits per heavy atom. The highest BCUT2D eigenvalue weighted by Crippen LogP contribution is 2.20. The van der Waals surface area contributed by atoms with Crippen LogP contribution in [0.5, 0.6) is 5.75 Å². The van der Waals surface area contributed by atoms with Crippen LogP contribution < -0.4 is 10.5 Å². The molecule has 0 aromatic heterocycles. The normalized spacial score (nSPS) is 13.8. The van der Waals surface area contributed by atoms with Gasteiger partial charge in [-0.15, -0.1) is 0 Å². The third kappa shape index (κ3) is 3.47. The Kier molecular flexibility index (Phi) is 5.16. The molecule has 0 saturated carbocycles. The minimum absolute atomic E-state index is 0.0441. The first-order chi connectivity index (χ1) is 8.47. The molecule has 2 N–H and O–H groups in total. The van der Waals surface area contributed by atoms with E-state index in [1.807, 2.05) is 31.2 Å². The van der Waals surface area contributed by atoms with E-state index in [2.05, 4.69) is 0 Å². The lowest BCUT2D eigenvalue weighted by Gasteiger charge is -2.27. The van der Waals surface area contributed by atoms with Gasteiger partial charge in [-0.1, -0.05) is 18.2 Å². The van der Waals surface area contributed by atoms with Crippen LogP contribution in [0.3, 0.4) is 0 Å². The summed E-state index contributed by atoms with van der Waals surface area (Å²) in [6, 6.07) is 7.46. The maximum Gasteiger partial charge on any atom is 0.239 e. The molecule has 100 valence electrons. The molecule has 1 unspecified atom stereocenters. The monoisotopic (exact) mass is 250 g/mol. The van der Waals surface area contributed by atoms with Gasteiger partial charge in [-0.3, -0.25) is 4.79 Å². The smallest absolute Gasteiger partial charge is 0.239 e. The number of amides is 1. The highest BCUT2D eigenvalue weighted by atomic mass is 16.5. The topological polar surface area (TPSA) is 55.6 Å². The van der Waals surface area contributed by atoms with Crippen molar-refractivity contribution >= 4 is 5.91 Å². The number of benzene rings is 1. The Hall–Kier alpha value is -1.55. The van der Waals surface area contributed by atoms with Crippen LogP contribution in [0.25, 0.3) is 0 Å². The van der Waals surface area contributed by atoms with Gasteiger partial charge in [0.2, 0.25) is 5.91 Å². The molecule has 4 heteroatoms. The first kappa shape index (κ1) is 14.5. The molecular weight excluding hydrogens is 228 g/mol. The number of methoxy groups -OCH3 is 1. The lowest BCUT2D eigenvalue weighted by Crippen LogP contribution is -2.44. The number of ether oxygens (including phenoxy) is 1. The number of nitrogens with zero attached hydrogens (tertiary/aromatic N) is 1. The molecule has 0 aliphatic carbocycles. The Morgan fingerprint density at radius 3 is 2.56 bits per heavy atom. The molecule has 1 rings (SSSR count). The van der Waals surface area contributed by atoms with Gasteiger partial charge in [0.1, 0.15) is 5.75 Å². The van der Waals surface area contributed by atoms with Crippen LogP contribution in [0.1, 0.15) is 19.4 Å². The first-order valence-electron chi connectivity index (χ1n) is 6.11. The van der Waals surface area contributed by atoms with Crippen molar-refractivity contribution in [2.24, 2.45) is 5.73 Å². The summed E-state index contributed by atoms with van der Waals surface area (Å²) in [5.41, 5.74) is 6.70. The molecular formula is C14H22N2O2. The number of likely N-dealkylation sites (N-methyl/N-ethyl adjacent to an activating group) is 1. The summed E-state index contributed by atoms with van der Waals surface area (Å²) in [6.07, 6.45) is 0.749. The first-order valence-corrected chi connectivity index (χ1v) is 6.11. The predicted molar refractivity (Wildman–Crippen MR) is 72.6 cm³/mol. The van der Waals surface area contributed by atoms with Crippen LogP contribution in [-0.4, -0.2) is 37.0 Å². The van der Waals surface area contributed by atoms with E-state index in [9.17, 15) is 4.79 Å². The second-order valence-electron chi connectivity index (χ2n) is 4.60. The molecule has 18 heavy (non-hydrogen) atoms. The summed E-state index contributed by atoms with van der Waals surface area (Å²) in [6.45, 7) is 3.71. The summed E-state index contributed by atoms with van der Waals surface area (Å²) in [5, 5.41) is 0. The van der Waals surface area contributed by atoms with Gasteiger partial charge in [0, 0.05) is 13.1 Å². The van der Waals surface area contributed by atoms with Crippen molar-refractivity contribution < 1.29 is 9.53 Å². The molecule has 0 aliphatic heterocycles. The minimum Gasteiger partial charge on any atom is -0.496 e. The summed E-state index contributed by atoms with van der Waals surface area (Å²) >= 11 is 0. The molecule has 1 amide bonds. The molecule has 1 aromatic rings. The van der Waals surface area contributed by atoms with Crippen molar-refractivity contribution in [2.75, 3.05) is 14.2 Å². The molecule has 0 heterocycles. The fraction of sp³-hybridized carbons (Fsp3) is 0.500. The van der Waals surface area contributed by atoms with Crippen LogP contribution in [0.4, 0.5) is 0 Å². The summed E-state index contributed by atoms with van der Waals surface area (Å²) in [5.74, 6) is 0.809. The highest BCUT2D eigenvalue weighted by molar-refractivity contribution is 5.81. The zero-order valence-corrected chi connectivity index (χ0v) is 11.5. The number of rotatable bonds is 5. The lowest BCUT2D eigenvalue weighted by molar-refractivity contribution is -0.132. The SMILES string of the molecule is COc1ccccc1CC(C)N(C)C(=O)[C@H](C)N. The molecule has 0 spiro atoms. The zero-order chi connectivity index (χ0) is 13.7. The molecule has 1 aromatic carbocycles. The summed E-state index contributed by atoms with van der Waals surface area (Å²) in [4.78, 5) is 13.5. The van der Waals surface area contributed by atoms with E-state index in [1.165, 1.54) is 0 Å². The summed E-state index contributed by atoms with van der Waals surface area (Å²) in [7, 11) is 3.44. The average molecular weight is 250 g/mol. The fourth-order valence-electron chi connectivity index (χ4n) is 1.87. The van der Waals surface area contributed by atoms with E-state index in [1.54, 1.807) is 26.0 Å². The van der Waals surface area contributed by atoms with Crippen molar-refractivity contribution in [1.82, 2.24) is 4.90 Å². The minimum atomic E-state index is -0.463. The zero-order valence-electron chi connectivity index (χ0n) is 11.5. The van der Waals surface area contributed by atoms with E-state index >= 15 is 0 Å². The molecule has 0 fully saturated rings. The van der Waals surface area contributed by atoms with E-state index in [0.717, 1.165) is 17.7 Å². The van der Waals surface area contributed by atoms with Gasteiger partial charge in [-0.25, -0.2) is 0 Å². The van der Waals surface area contributed by atoms with Crippen LogP contribution in [0.15, 0.2) is 24.3 Å². The van der Waals surface area contributed by atoms with Gasteiger partial charge in [-0.2, -0.15) is 0 Å². The van der Waals surface area contributed by atoms with E-state index < -0.39 is 6.04 Å². The van der Waals surface area contributed by atoms with Crippen LogP contribution in [0, 0.1) is 0 Å². The van der Waals surface area contributed by atoms with E-state index in [-0.39, 0.29) is 11.9 Å². The van der Waals surface area contributed by atoms with Crippen molar-refractivity contribution in [1.29, 1.82) is 0 Å². The number of hydrogen-bond donors (Lipinski definition) is 1. The molecule has 0 radical (unpaired) electrons. The van der Waals surface area contributed by atoms with E-state index in [0.29, 0.717) is 0 Å². The Morgan fingerprint density at radius 2 is 2.00 bits per heavy atom. The number of hydrogen-bond acceptors (Lipinski definition) is 3.